The zero-order valence-corrected chi connectivity index (χ0v) is 10.9. The summed E-state index contributed by atoms with van der Waals surface area (Å²) in [6.07, 6.45) is 0. The van der Waals surface area contributed by atoms with Crippen LogP contribution in [0.1, 0.15) is 10.5 Å². The molecule has 0 saturated carbocycles. The zero-order valence-electron chi connectivity index (χ0n) is 10.9. The first kappa shape index (κ1) is 12.3. The summed E-state index contributed by atoms with van der Waals surface area (Å²) in [5, 5.41) is 13.3. The van der Waals surface area contributed by atoms with Gasteiger partial charge in [-0.05, 0) is 12.1 Å². The second-order valence-electron chi connectivity index (χ2n) is 4.25. The van der Waals surface area contributed by atoms with Crippen molar-refractivity contribution in [2.75, 3.05) is 13.9 Å². The highest BCUT2D eigenvalue weighted by Gasteiger charge is 2.21. The van der Waals surface area contributed by atoms with E-state index in [1.807, 2.05) is 0 Å². The number of hydrogen-bond acceptors (Lipinski definition) is 5. The highest BCUT2D eigenvalue weighted by molar-refractivity contribution is 5.88. The molecule has 0 bridgehead atoms. The number of carbonyl (C=O) groups is 1. The number of ether oxygens (including phenoxy) is 3. The van der Waals surface area contributed by atoms with Crippen molar-refractivity contribution in [1.82, 2.24) is 9.78 Å². The Morgan fingerprint density at radius 2 is 2.05 bits per heavy atom. The Labute approximate surface area is 114 Å². The molecule has 0 aliphatic carbocycles. The highest BCUT2D eigenvalue weighted by Crippen LogP contribution is 2.42. The molecule has 2 heterocycles. The fourth-order valence-electron chi connectivity index (χ4n) is 2.09. The Morgan fingerprint density at radius 1 is 1.35 bits per heavy atom. The van der Waals surface area contributed by atoms with Gasteiger partial charge in [0.2, 0.25) is 6.79 Å². The number of methoxy groups -OCH3 is 1. The van der Waals surface area contributed by atoms with Gasteiger partial charge in [-0.2, -0.15) is 5.10 Å². The van der Waals surface area contributed by atoms with E-state index in [9.17, 15) is 4.79 Å². The maximum absolute atomic E-state index is 11.1. The van der Waals surface area contributed by atoms with Crippen molar-refractivity contribution in [3.8, 4) is 28.5 Å². The number of aromatic nitrogens is 2. The Morgan fingerprint density at radius 3 is 2.65 bits per heavy atom. The minimum atomic E-state index is -1.04. The summed E-state index contributed by atoms with van der Waals surface area (Å²) in [6.45, 7) is 0.157. The van der Waals surface area contributed by atoms with Crippen LogP contribution in [0.3, 0.4) is 0 Å². The molecule has 0 unspecified atom stereocenters. The third kappa shape index (κ3) is 1.83. The summed E-state index contributed by atoms with van der Waals surface area (Å²) in [5.41, 5.74) is 1.25. The molecule has 1 aromatic heterocycles. The van der Waals surface area contributed by atoms with E-state index in [0.29, 0.717) is 28.5 Å². The molecule has 0 amide bonds. The van der Waals surface area contributed by atoms with Crippen LogP contribution in [-0.4, -0.2) is 34.8 Å². The molecule has 7 heteroatoms. The van der Waals surface area contributed by atoms with E-state index >= 15 is 0 Å². The number of rotatable bonds is 3. The number of fused-ring (bicyclic) bond motifs is 1. The average molecular weight is 276 g/mol. The summed E-state index contributed by atoms with van der Waals surface area (Å²) in [4.78, 5) is 11.1. The minimum absolute atomic E-state index is 0.0970. The van der Waals surface area contributed by atoms with Gasteiger partial charge < -0.3 is 19.3 Å². The van der Waals surface area contributed by atoms with Crippen LogP contribution >= 0.6 is 0 Å². The van der Waals surface area contributed by atoms with E-state index in [4.69, 9.17) is 19.3 Å². The number of nitrogens with zero attached hydrogens (tertiary/aromatic N) is 2. The van der Waals surface area contributed by atoms with Gasteiger partial charge in [-0.1, -0.05) is 0 Å². The van der Waals surface area contributed by atoms with Gasteiger partial charge in [-0.15, -0.1) is 0 Å². The quantitative estimate of drug-likeness (QED) is 0.915. The van der Waals surface area contributed by atoms with Crippen LogP contribution in [0.15, 0.2) is 18.2 Å². The first-order chi connectivity index (χ1) is 9.60. The molecule has 20 heavy (non-hydrogen) atoms. The van der Waals surface area contributed by atoms with Crippen molar-refractivity contribution in [2.24, 2.45) is 7.05 Å². The first-order valence-corrected chi connectivity index (χ1v) is 5.85. The molecule has 104 valence electrons. The van der Waals surface area contributed by atoms with Gasteiger partial charge in [0, 0.05) is 18.7 Å². The van der Waals surface area contributed by atoms with Gasteiger partial charge in [0.15, 0.2) is 11.5 Å². The lowest BCUT2D eigenvalue weighted by atomic mass is 10.1. The SMILES string of the molecule is COc1cc2c(cc1-c1cc(C(=O)O)n(C)n1)OCO2. The van der Waals surface area contributed by atoms with Crippen LogP contribution in [-0.2, 0) is 7.05 Å². The van der Waals surface area contributed by atoms with E-state index in [1.165, 1.54) is 17.9 Å². The van der Waals surface area contributed by atoms with Gasteiger partial charge in [-0.25, -0.2) is 4.79 Å². The number of aryl methyl sites for hydroxylation is 1. The molecule has 0 atom stereocenters. The Balaban J connectivity index is 2.14. The van der Waals surface area contributed by atoms with Gasteiger partial charge in [0.25, 0.3) is 0 Å². The number of carboxylic acid groups (broad SMARTS) is 1. The van der Waals surface area contributed by atoms with E-state index in [0.717, 1.165) is 0 Å². The largest absolute Gasteiger partial charge is 0.496 e. The number of hydrogen-bond donors (Lipinski definition) is 1. The van der Waals surface area contributed by atoms with Crippen LogP contribution in [0.5, 0.6) is 17.2 Å². The molecule has 1 N–H and O–H groups in total. The van der Waals surface area contributed by atoms with Crippen molar-refractivity contribution in [1.29, 1.82) is 0 Å². The predicted molar refractivity (Wildman–Crippen MR) is 68.3 cm³/mol. The van der Waals surface area contributed by atoms with Crippen molar-refractivity contribution in [3.63, 3.8) is 0 Å². The van der Waals surface area contributed by atoms with E-state index in [2.05, 4.69) is 5.10 Å². The lowest BCUT2D eigenvalue weighted by molar-refractivity contribution is 0.0685. The molecule has 2 aromatic rings. The zero-order chi connectivity index (χ0) is 14.3. The summed E-state index contributed by atoms with van der Waals surface area (Å²) in [5.74, 6) is 0.693. The second kappa shape index (κ2) is 4.44. The highest BCUT2D eigenvalue weighted by atomic mass is 16.7. The molecule has 0 spiro atoms. The first-order valence-electron chi connectivity index (χ1n) is 5.85. The van der Waals surface area contributed by atoms with Crippen molar-refractivity contribution < 1.29 is 24.1 Å². The second-order valence-corrected chi connectivity index (χ2v) is 4.25. The molecule has 0 radical (unpaired) electrons. The summed E-state index contributed by atoms with van der Waals surface area (Å²) in [7, 11) is 3.11. The van der Waals surface area contributed by atoms with Gasteiger partial charge in [-0.3, -0.25) is 4.68 Å². The molecule has 3 rings (SSSR count). The van der Waals surface area contributed by atoms with Gasteiger partial charge in [0.1, 0.15) is 11.4 Å². The average Bonchev–Trinajstić information content (AvgIpc) is 3.02. The lowest BCUT2D eigenvalue weighted by Crippen LogP contribution is -2.04. The maximum atomic E-state index is 11.1. The van der Waals surface area contributed by atoms with Crippen LogP contribution in [0.4, 0.5) is 0 Å². The molecule has 0 fully saturated rings. The smallest absolute Gasteiger partial charge is 0.354 e. The minimum Gasteiger partial charge on any atom is -0.496 e. The number of carboxylic acids is 1. The molecule has 1 aliphatic heterocycles. The molecule has 7 nitrogen and oxygen atoms in total. The van der Waals surface area contributed by atoms with Crippen LogP contribution in [0, 0.1) is 0 Å². The monoisotopic (exact) mass is 276 g/mol. The Hall–Kier alpha value is -2.70. The van der Waals surface area contributed by atoms with Crippen LogP contribution in [0.2, 0.25) is 0 Å². The molecule has 1 aromatic carbocycles. The summed E-state index contributed by atoms with van der Waals surface area (Å²) in [6, 6.07) is 4.92. The topological polar surface area (TPSA) is 82.8 Å². The van der Waals surface area contributed by atoms with Crippen LogP contribution in [0.25, 0.3) is 11.3 Å². The lowest BCUT2D eigenvalue weighted by Gasteiger charge is -2.07. The Bertz CT molecular complexity index is 692. The van der Waals surface area contributed by atoms with Gasteiger partial charge in [0.05, 0.1) is 12.8 Å². The van der Waals surface area contributed by atoms with Crippen molar-refractivity contribution in [2.45, 2.75) is 0 Å². The maximum Gasteiger partial charge on any atom is 0.354 e. The van der Waals surface area contributed by atoms with E-state index < -0.39 is 5.97 Å². The number of aromatic carboxylic acids is 1. The molecule has 0 saturated heterocycles. The van der Waals surface area contributed by atoms with E-state index in [-0.39, 0.29) is 12.5 Å². The van der Waals surface area contributed by atoms with Crippen LogP contribution < -0.4 is 14.2 Å². The molecular formula is C13H12N2O5. The predicted octanol–water partition coefficient (Wildman–Crippen LogP) is 1.52. The summed E-state index contributed by atoms with van der Waals surface area (Å²) < 4.78 is 17.2. The Kier molecular flexibility index (Phi) is 2.74. The summed E-state index contributed by atoms with van der Waals surface area (Å²) >= 11 is 0. The molecule has 1 aliphatic rings. The fraction of sp³-hybridized carbons (Fsp3) is 0.231. The third-order valence-corrected chi connectivity index (χ3v) is 3.07. The van der Waals surface area contributed by atoms with Gasteiger partial charge >= 0.3 is 5.97 Å². The standard InChI is InChI=1S/C13H12N2O5/c1-15-9(13(16)17)4-8(14-15)7-3-11-12(20-6-19-11)5-10(7)18-2/h3-5H,6H2,1-2H3,(H,16,17). The van der Waals surface area contributed by atoms with Crippen molar-refractivity contribution >= 4 is 5.97 Å². The number of benzene rings is 1. The van der Waals surface area contributed by atoms with Crippen molar-refractivity contribution in [3.05, 3.63) is 23.9 Å². The third-order valence-electron chi connectivity index (χ3n) is 3.07. The fourth-order valence-corrected chi connectivity index (χ4v) is 2.09. The molecular weight excluding hydrogens is 264 g/mol. The van der Waals surface area contributed by atoms with E-state index in [1.54, 1.807) is 19.2 Å². The normalized spacial score (nSPS) is 12.5.